The number of rotatable bonds is 3. The van der Waals surface area contributed by atoms with Crippen molar-refractivity contribution in [3.05, 3.63) is 74.5 Å². The number of anilines is 2. The highest BCUT2D eigenvalue weighted by atomic mass is 35.7. The van der Waals surface area contributed by atoms with Gasteiger partial charge in [0.25, 0.3) is 0 Å². The van der Waals surface area contributed by atoms with Gasteiger partial charge in [0.1, 0.15) is 40.0 Å². The second-order valence-electron chi connectivity index (χ2n) is 9.02. The molecular formula is C24H9Cl3F14N8O2S2. The van der Waals surface area contributed by atoms with Gasteiger partial charge in [-0.1, -0.05) is 23.2 Å². The topological polar surface area (TPSA) is 169 Å². The predicted octanol–water partition coefficient (Wildman–Crippen LogP) is 8.31. The summed E-state index contributed by atoms with van der Waals surface area (Å²) in [5, 5.41) is 23.0. The first-order valence-electron chi connectivity index (χ1n) is 12.3. The standard InChI is InChI=1S/C12H4ClF7N4OS.C11H5ClF4N4.CClF3OS/c13-5-1-4(11(15,16)17)2-6(14)8(5)24-10(22)9(7(3-21)23-24)26(25)12(18,19)20;12-7-1-5(11(14,15)16)2-8(13)10(7)20-9(18)3-6(4-17)19-20;2-7(6)1(3,4)5/h1-2H,22H2;1-3H,18H2;. The van der Waals surface area contributed by atoms with E-state index in [-0.39, 0.29) is 28.3 Å². The lowest BCUT2D eigenvalue weighted by Crippen LogP contribution is -2.18. The molecule has 4 aromatic rings. The molecule has 10 nitrogen and oxygen atoms in total. The quantitative estimate of drug-likeness (QED) is 0.153. The van der Waals surface area contributed by atoms with Crippen LogP contribution in [0.5, 0.6) is 0 Å². The third-order valence-electron chi connectivity index (χ3n) is 5.52. The van der Waals surface area contributed by atoms with Crippen molar-refractivity contribution in [2.45, 2.75) is 28.3 Å². The summed E-state index contributed by atoms with van der Waals surface area (Å²) in [6.07, 6.45) is -9.67. The molecule has 0 aliphatic rings. The number of hydrogen-bond acceptors (Lipinski definition) is 8. The van der Waals surface area contributed by atoms with Gasteiger partial charge in [-0.3, -0.25) is 0 Å². The Morgan fingerprint density at radius 1 is 0.679 bits per heavy atom. The van der Waals surface area contributed by atoms with Crippen LogP contribution in [0.3, 0.4) is 0 Å². The summed E-state index contributed by atoms with van der Waals surface area (Å²) >= 11 is 11.2. The summed E-state index contributed by atoms with van der Waals surface area (Å²) in [5.41, 5.74) is -4.41. The molecule has 0 aliphatic carbocycles. The molecule has 2 unspecified atom stereocenters. The molecule has 0 fully saturated rings. The van der Waals surface area contributed by atoms with Crippen LogP contribution >= 0.6 is 33.9 Å². The van der Waals surface area contributed by atoms with Crippen LogP contribution in [0, 0.1) is 34.3 Å². The maximum Gasteiger partial charge on any atom is 0.486 e. The lowest BCUT2D eigenvalue weighted by Gasteiger charge is -2.12. The van der Waals surface area contributed by atoms with Gasteiger partial charge in [-0.2, -0.15) is 73.4 Å². The molecule has 0 spiro atoms. The van der Waals surface area contributed by atoms with Crippen molar-refractivity contribution in [1.82, 2.24) is 19.6 Å². The number of nitriles is 2. The molecule has 53 heavy (non-hydrogen) atoms. The van der Waals surface area contributed by atoms with E-state index in [1.54, 1.807) is 6.07 Å². The summed E-state index contributed by atoms with van der Waals surface area (Å²) in [4.78, 5) is -1.25. The van der Waals surface area contributed by atoms with Gasteiger partial charge in [0, 0.05) is 6.07 Å². The molecule has 288 valence electrons. The van der Waals surface area contributed by atoms with E-state index in [0.29, 0.717) is 12.1 Å². The number of nitrogen functional groups attached to an aromatic ring is 2. The Balaban J connectivity index is 0.000000318. The first-order chi connectivity index (χ1) is 24.0. The molecular weight excluding hydrogens is 869 g/mol. The smallest absolute Gasteiger partial charge is 0.384 e. The van der Waals surface area contributed by atoms with Gasteiger partial charge in [-0.05, 0) is 34.9 Å². The molecule has 0 aliphatic heterocycles. The number of nitrogens with zero attached hydrogens (tertiary/aromatic N) is 6. The van der Waals surface area contributed by atoms with Gasteiger partial charge in [-0.25, -0.2) is 26.6 Å². The normalized spacial score (nSPS) is 13.1. The number of nitrogens with two attached hydrogens (primary N) is 2. The van der Waals surface area contributed by atoms with Crippen LogP contribution in [-0.4, -0.2) is 39.0 Å². The molecule has 2 aromatic heterocycles. The zero-order valence-electron chi connectivity index (χ0n) is 24.3. The lowest BCUT2D eigenvalue weighted by atomic mass is 10.2. The monoisotopic (exact) mass is 876 g/mol. The Morgan fingerprint density at radius 3 is 1.40 bits per heavy atom. The molecule has 0 bridgehead atoms. The Morgan fingerprint density at radius 2 is 1.09 bits per heavy atom. The van der Waals surface area contributed by atoms with Crippen molar-refractivity contribution < 1.29 is 69.9 Å². The molecule has 4 N–H and O–H groups in total. The molecule has 2 aromatic carbocycles. The lowest BCUT2D eigenvalue weighted by molar-refractivity contribution is -0.138. The molecule has 0 radical (unpaired) electrons. The van der Waals surface area contributed by atoms with Crippen LogP contribution in [0.4, 0.5) is 73.1 Å². The highest BCUT2D eigenvalue weighted by Crippen LogP contribution is 2.39. The number of aromatic nitrogens is 4. The van der Waals surface area contributed by atoms with Crippen LogP contribution in [0.15, 0.2) is 35.2 Å². The van der Waals surface area contributed by atoms with Crippen molar-refractivity contribution in [3.8, 4) is 23.5 Å². The van der Waals surface area contributed by atoms with E-state index in [2.05, 4.69) is 20.9 Å². The van der Waals surface area contributed by atoms with Crippen molar-refractivity contribution in [1.29, 1.82) is 10.5 Å². The van der Waals surface area contributed by atoms with E-state index >= 15 is 0 Å². The first kappa shape index (κ1) is 44.8. The van der Waals surface area contributed by atoms with Gasteiger partial charge in [0.15, 0.2) is 33.8 Å². The van der Waals surface area contributed by atoms with E-state index in [1.807, 2.05) is 0 Å². The van der Waals surface area contributed by atoms with E-state index in [1.165, 1.54) is 6.07 Å². The molecule has 0 saturated carbocycles. The predicted molar refractivity (Wildman–Crippen MR) is 158 cm³/mol. The summed E-state index contributed by atoms with van der Waals surface area (Å²) in [7, 11) is -2.89. The number of hydrogen-bond donors (Lipinski definition) is 2. The second kappa shape index (κ2) is 16.3. The van der Waals surface area contributed by atoms with Crippen molar-refractivity contribution in [3.63, 3.8) is 0 Å². The Bertz CT molecular complexity index is 2110. The third-order valence-corrected chi connectivity index (χ3v) is 8.18. The van der Waals surface area contributed by atoms with Gasteiger partial charge in [-0.15, -0.1) is 0 Å². The highest BCUT2D eigenvalue weighted by Gasteiger charge is 2.43. The van der Waals surface area contributed by atoms with Crippen LogP contribution in [-0.2, 0) is 33.2 Å². The van der Waals surface area contributed by atoms with E-state index in [0.717, 1.165) is 10.7 Å². The molecule has 29 heteroatoms. The fourth-order valence-corrected chi connectivity index (χ4v) is 4.80. The fourth-order valence-electron chi connectivity index (χ4n) is 3.45. The summed E-state index contributed by atoms with van der Waals surface area (Å²) in [5.74, 6) is -4.04. The van der Waals surface area contributed by atoms with Crippen molar-refractivity contribution >= 4 is 66.3 Å². The minimum Gasteiger partial charge on any atom is -0.384 e. The van der Waals surface area contributed by atoms with Gasteiger partial charge in [0.05, 0.1) is 21.2 Å². The molecule has 4 rings (SSSR count). The fraction of sp³-hybridized carbons (Fsp3) is 0.167. The van der Waals surface area contributed by atoms with Crippen LogP contribution < -0.4 is 11.5 Å². The van der Waals surface area contributed by atoms with Gasteiger partial charge in [0.2, 0.25) is 10.0 Å². The number of benzene rings is 2. The highest BCUT2D eigenvalue weighted by molar-refractivity contribution is 8.09. The zero-order valence-corrected chi connectivity index (χ0v) is 28.2. The first-order valence-corrected chi connectivity index (χ1v) is 16.2. The minimum atomic E-state index is -5.31. The minimum absolute atomic E-state index is 0.0226. The average Bonchev–Trinajstić information content (AvgIpc) is 3.53. The third kappa shape index (κ3) is 10.8. The van der Waals surface area contributed by atoms with Crippen molar-refractivity contribution in [2.75, 3.05) is 11.5 Å². The number of alkyl halides is 12. The summed E-state index contributed by atoms with van der Waals surface area (Å²) in [6.45, 7) is 0. The molecule has 0 saturated heterocycles. The van der Waals surface area contributed by atoms with E-state index in [9.17, 15) is 69.9 Å². The van der Waals surface area contributed by atoms with Gasteiger partial charge < -0.3 is 11.5 Å². The number of halogens is 17. The summed E-state index contributed by atoms with van der Waals surface area (Å²) in [6, 6.07) is 5.20. The van der Waals surface area contributed by atoms with Crippen LogP contribution in [0.2, 0.25) is 10.0 Å². The molecule has 2 atom stereocenters. The van der Waals surface area contributed by atoms with E-state index in [4.69, 9.17) is 45.2 Å². The van der Waals surface area contributed by atoms with Crippen molar-refractivity contribution in [2.24, 2.45) is 0 Å². The van der Waals surface area contributed by atoms with Crippen LogP contribution in [0.25, 0.3) is 11.4 Å². The largest absolute Gasteiger partial charge is 0.486 e. The SMILES string of the molecule is N#Cc1cc(N)n(-c2c(F)cc(C(F)(F)F)cc2Cl)n1.N#Cc1nn(-c2c(F)cc(C(F)(F)F)cc2Cl)c(N)c1S(=O)C(F)(F)F.O=S(Cl)C(F)(F)F. The Kier molecular flexibility index (Phi) is 13.8. The average molecular weight is 878 g/mol. The maximum absolute atomic E-state index is 14.1. The van der Waals surface area contributed by atoms with Crippen LogP contribution in [0.1, 0.15) is 22.5 Å². The van der Waals surface area contributed by atoms with Gasteiger partial charge >= 0.3 is 23.4 Å². The molecule has 2 heterocycles. The molecule has 0 amide bonds. The Labute approximate surface area is 303 Å². The maximum atomic E-state index is 14.1. The van der Waals surface area contributed by atoms with E-state index < -0.39 is 105 Å². The zero-order chi connectivity index (χ0) is 41.2. The summed E-state index contributed by atoms with van der Waals surface area (Å²) < 4.78 is 195. The second-order valence-corrected chi connectivity index (χ2v) is 13.0. The Hall–Kier alpha value is -4.37.